The maximum Gasteiger partial charge on any atom is 0.490 e. The molecule has 0 aliphatic carbocycles. The van der Waals surface area contributed by atoms with Crippen molar-refractivity contribution in [2.75, 3.05) is 6.61 Å². The van der Waals surface area contributed by atoms with E-state index in [1.54, 1.807) is 13.0 Å². The van der Waals surface area contributed by atoms with Crippen LogP contribution in [0.1, 0.15) is 19.8 Å². The molecule has 0 rings (SSSR count). The van der Waals surface area contributed by atoms with Crippen LogP contribution < -0.4 is 5.73 Å². The molecule has 10 heteroatoms. The molecule has 0 saturated carbocycles. The summed E-state index contributed by atoms with van der Waals surface area (Å²) in [5.74, 6) is -4.21. The minimum absolute atomic E-state index is 0.311. The van der Waals surface area contributed by atoms with Gasteiger partial charge in [0.05, 0.1) is 6.61 Å². The zero-order valence-electron chi connectivity index (χ0n) is 11.1. The van der Waals surface area contributed by atoms with Gasteiger partial charge in [-0.15, -0.1) is 0 Å². The number of nitrogens with two attached hydrogens (primary N) is 1. The molecule has 0 radical (unpaired) electrons. The van der Waals surface area contributed by atoms with Crippen molar-refractivity contribution in [2.24, 2.45) is 5.73 Å². The number of aliphatic carboxylic acids is 2. The average molecular weight is 315 g/mol. The molecule has 1 unspecified atom stereocenters. The summed E-state index contributed by atoms with van der Waals surface area (Å²) in [4.78, 5) is 29.9. The number of alkyl halides is 3. The van der Waals surface area contributed by atoms with Gasteiger partial charge in [-0.1, -0.05) is 6.08 Å². The van der Waals surface area contributed by atoms with Gasteiger partial charge in [-0.25, -0.2) is 9.59 Å². The molecule has 0 bridgehead atoms. The molecular formula is C11H16F3NO6. The minimum atomic E-state index is -5.08. The monoisotopic (exact) mass is 315 g/mol. The van der Waals surface area contributed by atoms with Crippen LogP contribution in [0.15, 0.2) is 12.2 Å². The van der Waals surface area contributed by atoms with Crippen molar-refractivity contribution >= 4 is 17.9 Å². The first-order chi connectivity index (χ1) is 9.52. The van der Waals surface area contributed by atoms with E-state index >= 15 is 0 Å². The Labute approximate surface area is 118 Å². The molecule has 7 nitrogen and oxygen atoms in total. The van der Waals surface area contributed by atoms with Gasteiger partial charge in [0.15, 0.2) is 0 Å². The second kappa shape index (κ2) is 10.7. The van der Waals surface area contributed by atoms with Gasteiger partial charge in [0, 0.05) is 6.08 Å². The third kappa shape index (κ3) is 14.1. The number of ether oxygens (including phenoxy) is 1. The summed E-state index contributed by atoms with van der Waals surface area (Å²) in [6, 6.07) is -0.873. The summed E-state index contributed by atoms with van der Waals surface area (Å²) < 4.78 is 36.4. The second-order valence-corrected chi connectivity index (χ2v) is 3.48. The number of carboxylic acids is 2. The molecule has 4 N–H and O–H groups in total. The number of allylic oxidation sites excluding steroid dienone is 1. The first-order valence-corrected chi connectivity index (χ1v) is 5.64. The van der Waals surface area contributed by atoms with Gasteiger partial charge in [-0.05, 0) is 19.8 Å². The maximum absolute atomic E-state index is 10.8. The third-order valence-electron chi connectivity index (χ3n) is 1.74. The van der Waals surface area contributed by atoms with E-state index < -0.39 is 30.1 Å². The van der Waals surface area contributed by atoms with Crippen molar-refractivity contribution in [3.63, 3.8) is 0 Å². The quantitative estimate of drug-likeness (QED) is 0.491. The summed E-state index contributed by atoms with van der Waals surface area (Å²) in [6.45, 7) is 2.05. The highest BCUT2D eigenvalue weighted by molar-refractivity contribution is 5.81. The molecule has 21 heavy (non-hydrogen) atoms. The summed E-state index contributed by atoms with van der Waals surface area (Å²) in [6.07, 6.45) is -1.49. The fourth-order valence-corrected chi connectivity index (χ4v) is 0.769. The molecule has 1 atom stereocenters. The van der Waals surface area contributed by atoms with Crippen LogP contribution in [0.5, 0.6) is 0 Å². The van der Waals surface area contributed by atoms with Gasteiger partial charge in [0.25, 0.3) is 0 Å². The van der Waals surface area contributed by atoms with Crippen molar-refractivity contribution in [3.05, 3.63) is 12.2 Å². The van der Waals surface area contributed by atoms with E-state index in [1.165, 1.54) is 6.08 Å². The second-order valence-electron chi connectivity index (χ2n) is 3.48. The topological polar surface area (TPSA) is 127 Å². The molecule has 0 spiro atoms. The van der Waals surface area contributed by atoms with E-state index in [0.29, 0.717) is 19.4 Å². The van der Waals surface area contributed by atoms with Crippen LogP contribution in [-0.4, -0.2) is 46.9 Å². The SMILES string of the molecule is CCOC(=O)C=CCCC(N)C(=O)O.O=C(O)C(F)(F)F. The van der Waals surface area contributed by atoms with E-state index in [-0.39, 0.29) is 0 Å². The lowest BCUT2D eigenvalue weighted by atomic mass is 10.1. The number of hydrogen-bond acceptors (Lipinski definition) is 5. The molecule has 0 saturated heterocycles. The molecule has 0 fully saturated rings. The Morgan fingerprint density at radius 3 is 2.10 bits per heavy atom. The van der Waals surface area contributed by atoms with E-state index in [4.69, 9.17) is 20.7 Å². The number of hydrogen-bond donors (Lipinski definition) is 3. The summed E-state index contributed by atoms with van der Waals surface area (Å²) in [7, 11) is 0. The number of carboxylic acid groups (broad SMARTS) is 2. The molecule has 0 amide bonds. The molecule has 0 aromatic carbocycles. The minimum Gasteiger partial charge on any atom is -0.480 e. The number of rotatable bonds is 6. The van der Waals surface area contributed by atoms with Gasteiger partial charge in [0.1, 0.15) is 6.04 Å². The molecule has 0 heterocycles. The molecule has 0 aliphatic rings. The fourth-order valence-electron chi connectivity index (χ4n) is 0.769. The number of halogens is 3. The number of esters is 1. The Morgan fingerprint density at radius 2 is 1.76 bits per heavy atom. The van der Waals surface area contributed by atoms with Gasteiger partial charge >= 0.3 is 24.1 Å². The van der Waals surface area contributed by atoms with Crippen molar-refractivity contribution < 1.29 is 42.5 Å². The van der Waals surface area contributed by atoms with E-state index in [9.17, 15) is 22.8 Å². The van der Waals surface area contributed by atoms with Crippen LogP contribution >= 0.6 is 0 Å². The highest BCUT2D eigenvalue weighted by Gasteiger charge is 2.38. The zero-order chi connectivity index (χ0) is 17.1. The fraction of sp³-hybridized carbons (Fsp3) is 0.545. The first-order valence-electron chi connectivity index (χ1n) is 5.64. The van der Waals surface area contributed by atoms with Crippen LogP contribution in [0, 0.1) is 0 Å². The summed E-state index contributed by atoms with van der Waals surface area (Å²) >= 11 is 0. The largest absolute Gasteiger partial charge is 0.490 e. The van der Waals surface area contributed by atoms with Crippen LogP contribution in [0.2, 0.25) is 0 Å². The van der Waals surface area contributed by atoms with Crippen LogP contribution in [-0.2, 0) is 19.1 Å². The van der Waals surface area contributed by atoms with Crippen LogP contribution in [0.4, 0.5) is 13.2 Å². The highest BCUT2D eigenvalue weighted by atomic mass is 19.4. The predicted molar refractivity (Wildman–Crippen MR) is 64.3 cm³/mol. The Bertz CT molecular complexity index is 381. The molecule has 0 aromatic heterocycles. The molecule has 122 valence electrons. The predicted octanol–water partition coefficient (Wildman–Crippen LogP) is 0.931. The highest BCUT2D eigenvalue weighted by Crippen LogP contribution is 2.13. The number of carbonyl (C=O) groups excluding carboxylic acids is 1. The van der Waals surface area contributed by atoms with E-state index in [2.05, 4.69) is 4.74 Å². The Hall–Kier alpha value is -2.10. The first kappa shape index (κ1) is 21.2. The average Bonchev–Trinajstić information content (AvgIpc) is 2.34. The molecule has 0 aromatic rings. The zero-order valence-corrected chi connectivity index (χ0v) is 11.1. The Morgan fingerprint density at radius 1 is 1.29 bits per heavy atom. The van der Waals surface area contributed by atoms with Crippen LogP contribution in [0.25, 0.3) is 0 Å². The summed E-state index contributed by atoms with van der Waals surface area (Å²) in [5.41, 5.74) is 5.24. The Balaban J connectivity index is 0. The number of carbonyl (C=O) groups is 3. The lowest BCUT2D eigenvalue weighted by Gasteiger charge is -2.02. The Kier molecular flexibility index (Phi) is 10.8. The lowest BCUT2D eigenvalue weighted by Crippen LogP contribution is -2.29. The van der Waals surface area contributed by atoms with Crippen molar-refractivity contribution in [2.45, 2.75) is 32.0 Å². The van der Waals surface area contributed by atoms with Crippen molar-refractivity contribution in [3.8, 4) is 0 Å². The van der Waals surface area contributed by atoms with E-state index in [0.717, 1.165) is 0 Å². The van der Waals surface area contributed by atoms with Crippen molar-refractivity contribution in [1.29, 1.82) is 0 Å². The smallest absolute Gasteiger partial charge is 0.480 e. The lowest BCUT2D eigenvalue weighted by molar-refractivity contribution is -0.192. The third-order valence-corrected chi connectivity index (χ3v) is 1.74. The maximum atomic E-state index is 10.8. The summed E-state index contributed by atoms with van der Waals surface area (Å²) in [5, 5.41) is 15.6. The van der Waals surface area contributed by atoms with Crippen molar-refractivity contribution in [1.82, 2.24) is 0 Å². The van der Waals surface area contributed by atoms with Crippen LogP contribution in [0.3, 0.4) is 0 Å². The van der Waals surface area contributed by atoms with Gasteiger partial charge in [-0.2, -0.15) is 13.2 Å². The molecular weight excluding hydrogens is 299 g/mol. The standard InChI is InChI=1S/C9H15NO4.C2HF3O2/c1-2-14-8(11)6-4-3-5-7(10)9(12)13;3-2(4,5)1(6)7/h4,6-7H,2-3,5,10H2,1H3,(H,12,13);(H,6,7). The van der Waals surface area contributed by atoms with Gasteiger partial charge < -0.3 is 20.7 Å². The molecule has 0 aliphatic heterocycles. The van der Waals surface area contributed by atoms with E-state index in [1.807, 2.05) is 0 Å². The van der Waals surface area contributed by atoms with Gasteiger partial charge in [0.2, 0.25) is 0 Å². The van der Waals surface area contributed by atoms with Gasteiger partial charge in [-0.3, -0.25) is 4.79 Å². The normalized spacial score (nSPS) is 12.2.